The first-order valence-electron chi connectivity index (χ1n) is 8.70. The molecule has 3 aromatic carbocycles. The molecule has 0 aliphatic heterocycles. The highest BCUT2D eigenvalue weighted by Crippen LogP contribution is 2.16. The number of hydrogen-bond acceptors (Lipinski definition) is 3. The molecule has 0 saturated heterocycles. The molecule has 0 aromatic heterocycles. The van der Waals surface area contributed by atoms with Gasteiger partial charge in [0, 0.05) is 23.7 Å². The minimum atomic E-state index is -3.66. The Balaban J connectivity index is 1.55. The van der Waals surface area contributed by atoms with Gasteiger partial charge in [0.05, 0.1) is 4.90 Å². The molecule has 0 unspecified atom stereocenters. The minimum Gasteiger partial charge on any atom is -0.348 e. The van der Waals surface area contributed by atoms with E-state index in [4.69, 9.17) is 11.6 Å². The highest BCUT2D eigenvalue weighted by Gasteiger charge is 2.14. The molecular formula is C21H18ClFN2O3S. The van der Waals surface area contributed by atoms with Crippen molar-refractivity contribution in [3.8, 4) is 0 Å². The number of amides is 1. The van der Waals surface area contributed by atoms with Gasteiger partial charge < -0.3 is 5.32 Å². The molecular weight excluding hydrogens is 415 g/mol. The number of carbonyl (C=O) groups is 1. The molecule has 0 saturated carbocycles. The Morgan fingerprint density at radius 3 is 2.14 bits per heavy atom. The van der Waals surface area contributed by atoms with Crippen LogP contribution in [0.2, 0.25) is 5.02 Å². The van der Waals surface area contributed by atoms with Crippen LogP contribution in [0.25, 0.3) is 0 Å². The first-order valence-corrected chi connectivity index (χ1v) is 10.6. The summed E-state index contributed by atoms with van der Waals surface area (Å²) < 4.78 is 40.1. The van der Waals surface area contributed by atoms with Gasteiger partial charge in [-0.3, -0.25) is 4.79 Å². The standard InChI is InChI=1S/C21H18ClFN2O3S/c22-18-2-1-3-20(12-18)29(27,28)25-14-16-6-4-15(5-7-16)13-24-21(26)17-8-10-19(23)11-9-17/h1-12,25H,13-14H2,(H,24,26). The van der Waals surface area contributed by atoms with Crippen molar-refractivity contribution in [3.63, 3.8) is 0 Å². The summed E-state index contributed by atoms with van der Waals surface area (Å²) >= 11 is 5.84. The third-order valence-electron chi connectivity index (χ3n) is 4.16. The van der Waals surface area contributed by atoms with E-state index in [0.717, 1.165) is 11.1 Å². The summed E-state index contributed by atoms with van der Waals surface area (Å²) in [5.74, 6) is -0.702. The third-order valence-corrected chi connectivity index (χ3v) is 5.79. The Hall–Kier alpha value is -2.74. The highest BCUT2D eigenvalue weighted by molar-refractivity contribution is 7.89. The smallest absolute Gasteiger partial charge is 0.251 e. The quantitative estimate of drug-likeness (QED) is 0.594. The summed E-state index contributed by atoms with van der Waals surface area (Å²) in [5, 5.41) is 3.10. The lowest BCUT2D eigenvalue weighted by molar-refractivity contribution is 0.0951. The van der Waals surface area contributed by atoms with Crippen LogP contribution in [-0.2, 0) is 23.1 Å². The molecule has 0 heterocycles. The molecule has 3 rings (SSSR count). The van der Waals surface area contributed by atoms with Crippen molar-refractivity contribution in [2.75, 3.05) is 0 Å². The predicted octanol–water partition coefficient (Wildman–Crippen LogP) is 3.89. The molecule has 0 aliphatic carbocycles. The van der Waals surface area contributed by atoms with Crippen molar-refractivity contribution < 1.29 is 17.6 Å². The van der Waals surface area contributed by atoms with Gasteiger partial charge >= 0.3 is 0 Å². The van der Waals surface area contributed by atoms with Crippen LogP contribution < -0.4 is 10.0 Å². The summed E-state index contributed by atoms with van der Waals surface area (Å²) in [6.45, 7) is 0.418. The van der Waals surface area contributed by atoms with Gasteiger partial charge in [-0.15, -0.1) is 0 Å². The fourth-order valence-electron chi connectivity index (χ4n) is 2.56. The number of hydrogen-bond donors (Lipinski definition) is 2. The van der Waals surface area contributed by atoms with E-state index in [1.165, 1.54) is 36.4 Å². The molecule has 8 heteroatoms. The second-order valence-corrected chi connectivity index (χ2v) is 8.49. The topological polar surface area (TPSA) is 75.3 Å². The Bertz CT molecular complexity index is 1100. The molecule has 0 fully saturated rings. The maximum absolute atomic E-state index is 12.9. The Morgan fingerprint density at radius 1 is 0.897 bits per heavy atom. The molecule has 0 aliphatic rings. The van der Waals surface area contributed by atoms with E-state index in [-0.39, 0.29) is 17.3 Å². The zero-order chi connectivity index (χ0) is 20.9. The van der Waals surface area contributed by atoms with Crippen LogP contribution in [-0.4, -0.2) is 14.3 Å². The van der Waals surface area contributed by atoms with Crippen LogP contribution in [0.15, 0.2) is 77.7 Å². The Morgan fingerprint density at radius 2 is 1.52 bits per heavy atom. The van der Waals surface area contributed by atoms with E-state index in [1.807, 2.05) is 0 Å². The first kappa shape index (κ1) is 21.0. The fraction of sp³-hybridized carbons (Fsp3) is 0.0952. The number of nitrogens with one attached hydrogen (secondary N) is 2. The van der Waals surface area contributed by atoms with Crippen LogP contribution in [0, 0.1) is 5.82 Å². The number of sulfonamides is 1. The molecule has 29 heavy (non-hydrogen) atoms. The summed E-state index contributed by atoms with van der Waals surface area (Å²) in [6.07, 6.45) is 0. The van der Waals surface area contributed by atoms with Gasteiger partial charge in [-0.05, 0) is 53.6 Å². The molecule has 0 bridgehead atoms. The van der Waals surface area contributed by atoms with Crippen molar-refractivity contribution in [2.45, 2.75) is 18.0 Å². The molecule has 3 aromatic rings. The molecule has 2 N–H and O–H groups in total. The molecule has 0 spiro atoms. The lowest BCUT2D eigenvalue weighted by atomic mass is 10.1. The lowest BCUT2D eigenvalue weighted by Crippen LogP contribution is -2.23. The van der Waals surface area contributed by atoms with Crippen LogP contribution in [0.4, 0.5) is 4.39 Å². The summed E-state index contributed by atoms with van der Waals surface area (Å²) in [4.78, 5) is 12.2. The van der Waals surface area contributed by atoms with Gasteiger partial charge in [0.2, 0.25) is 10.0 Å². The zero-order valence-electron chi connectivity index (χ0n) is 15.2. The maximum Gasteiger partial charge on any atom is 0.251 e. The van der Waals surface area contributed by atoms with Crippen molar-refractivity contribution in [2.24, 2.45) is 0 Å². The molecule has 0 atom stereocenters. The van der Waals surface area contributed by atoms with Gasteiger partial charge in [-0.1, -0.05) is 41.9 Å². The van der Waals surface area contributed by atoms with Crippen molar-refractivity contribution in [3.05, 3.63) is 100 Å². The monoisotopic (exact) mass is 432 g/mol. The average Bonchev–Trinajstić information content (AvgIpc) is 2.72. The number of benzene rings is 3. The zero-order valence-corrected chi connectivity index (χ0v) is 16.8. The molecule has 1 amide bonds. The van der Waals surface area contributed by atoms with Gasteiger partial charge in [-0.2, -0.15) is 0 Å². The first-order chi connectivity index (χ1) is 13.8. The van der Waals surface area contributed by atoms with Gasteiger partial charge in [0.25, 0.3) is 5.91 Å². The maximum atomic E-state index is 12.9. The van der Waals surface area contributed by atoms with Crippen LogP contribution in [0.5, 0.6) is 0 Å². The lowest BCUT2D eigenvalue weighted by Gasteiger charge is -2.09. The minimum absolute atomic E-state index is 0.102. The second kappa shape index (κ2) is 9.17. The Labute approximate surface area is 173 Å². The summed E-state index contributed by atoms with van der Waals surface area (Å²) in [6, 6.07) is 18.5. The number of halogens is 2. The number of rotatable bonds is 7. The Kier molecular flexibility index (Phi) is 6.64. The third kappa shape index (κ3) is 5.87. The van der Waals surface area contributed by atoms with E-state index in [9.17, 15) is 17.6 Å². The average molecular weight is 433 g/mol. The second-order valence-electron chi connectivity index (χ2n) is 6.29. The largest absolute Gasteiger partial charge is 0.348 e. The SMILES string of the molecule is O=C(NCc1ccc(CNS(=O)(=O)c2cccc(Cl)c2)cc1)c1ccc(F)cc1. The van der Waals surface area contributed by atoms with Gasteiger partial charge in [0.15, 0.2) is 0 Å². The van der Waals surface area contributed by atoms with Gasteiger partial charge in [0.1, 0.15) is 5.82 Å². The normalized spacial score (nSPS) is 11.2. The van der Waals surface area contributed by atoms with Crippen LogP contribution in [0.1, 0.15) is 21.5 Å². The summed E-state index contributed by atoms with van der Waals surface area (Å²) in [7, 11) is -3.66. The van der Waals surface area contributed by atoms with E-state index in [0.29, 0.717) is 17.1 Å². The van der Waals surface area contributed by atoms with E-state index < -0.39 is 15.8 Å². The van der Waals surface area contributed by atoms with Crippen LogP contribution >= 0.6 is 11.6 Å². The predicted molar refractivity (Wildman–Crippen MR) is 109 cm³/mol. The van der Waals surface area contributed by atoms with Crippen molar-refractivity contribution >= 4 is 27.5 Å². The molecule has 0 radical (unpaired) electrons. The van der Waals surface area contributed by atoms with E-state index in [2.05, 4.69) is 10.0 Å². The van der Waals surface area contributed by atoms with Crippen molar-refractivity contribution in [1.82, 2.24) is 10.0 Å². The van der Waals surface area contributed by atoms with Crippen molar-refractivity contribution in [1.29, 1.82) is 0 Å². The number of carbonyl (C=O) groups excluding carboxylic acids is 1. The fourth-order valence-corrected chi connectivity index (χ4v) is 3.87. The summed E-state index contributed by atoms with van der Waals surface area (Å²) in [5.41, 5.74) is 1.99. The molecule has 150 valence electrons. The van der Waals surface area contributed by atoms with E-state index >= 15 is 0 Å². The van der Waals surface area contributed by atoms with Gasteiger partial charge in [-0.25, -0.2) is 17.5 Å². The van der Waals surface area contributed by atoms with E-state index in [1.54, 1.807) is 36.4 Å². The highest BCUT2D eigenvalue weighted by atomic mass is 35.5. The van der Waals surface area contributed by atoms with Crippen LogP contribution in [0.3, 0.4) is 0 Å². The molecule has 5 nitrogen and oxygen atoms in total.